The quantitative estimate of drug-likeness (QED) is 0.405. The van der Waals surface area contributed by atoms with Gasteiger partial charge in [0.05, 0.1) is 18.9 Å². The van der Waals surface area contributed by atoms with Gasteiger partial charge in [0.25, 0.3) is 0 Å². The Hall–Kier alpha value is -1.61. The fourth-order valence-electron chi connectivity index (χ4n) is 3.23. The summed E-state index contributed by atoms with van der Waals surface area (Å²) in [7, 11) is 0. The van der Waals surface area contributed by atoms with Crippen molar-refractivity contribution in [3.8, 4) is 0 Å². The highest BCUT2D eigenvalue weighted by molar-refractivity contribution is 9.11. The molecule has 1 N–H and O–H groups in total. The summed E-state index contributed by atoms with van der Waals surface area (Å²) >= 11 is 6.79. The molecule has 0 aliphatic carbocycles. The molecule has 0 amide bonds. The van der Waals surface area contributed by atoms with Crippen LogP contribution in [0.1, 0.15) is 25.5 Å². The molecule has 7 nitrogen and oxygen atoms in total. The molecule has 25 heavy (non-hydrogen) atoms. The Morgan fingerprint density at radius 1 is 1.20 bits per heavy atom. The summed E-state index contributed by atoms with van der Waals surface area (Å²) < 4.78 is 17.0. The summed E-state index contributed by atoms with van der Waals surface area (Å²) in [5, 5.41) is 2.96. The average molecular weight is 477 g/mol. The SMILES string of the molecule is CCOC(=O)C1(C(=O)OCC)[C@@H]2Nc3c(Br)cc(Br)cc3[C@@H]1OC2=O. The number of anilines is 1. The third kappa shape index (κ3) is 2.55. The van der Waals surface area contributed by atoms with Gasteiger partial charge in [0.2, 0.25) is 5.41 Å². The number of ether oxygens (including phenoxy) is 3. The van der Waals surface area contributed by atoms with Gasteiger partial charge < -0.3 is 19.5 Å². The van der Waals surface area contributed by atoms with Crippen molar-refractivity contribution in [3.63, 3.8) is 0 Å². The van der Waals surface area contributed by atoms with Crippen LogP contribution >= 0.6 is 31.9 Å². The van der Waals surface area contributed by atoms with Gasteiger partial charge in [-0.1, -0.05) is 15.9 Å². The number of halogens is 2. The van der Waals surface area contributed by atoms with E-state index in [9.17, 15) is 14.4 Å². The van der Waals surface area contributed by atoms with E-state index < -0.39 is 35.5 Å². The van der Waals surface area contributed by atoms with Gasteiger partial charge in [0.15, 0.2) is 12.1 Å². The molecule has 0 aromatic heterocycles. The van der Waals surface area contributed by atoms with Crippen LogP contribution in [0, 0.1) is 5.41 Å². The minimum absolute atomic E-state index is 0.0582. The van der Waals surface area contributed by atoms with Gasteiger partial charge in [-0.25, -0.2) is 4.79 Å². The van der Waals surface area contributed by atoms with E-state index in [1.807, 2.05) is 0 Å². The zero-order valence-electron chi connectivity index (χ0n) is 13.4. The highest BCUT2D eigenvalue weighted by Crippen LogP contribution is 2.56. The summed E-state index contributed by atoms with van der Waals surface area (Å²) in [6.45, 7) is 3.36. The topological polar surface area (TPSA) is 90.9 Å². The van der Waals surface area contributed by atoms with Crippen LogP contribution in [-0.4, -0.2) is 37.2 Å². The molecule has 0 radical (unpaired) electrons. The molecule has 0 unspecified atom stereocenters. The molecule has 2 aliphatic rings. The molecule has 0 saturated carbocycles. The molecule has 2 bridgehead atoms. The maximum atomic E-state index is 12.8. The van der Waals surface area contributed by atoms with Crippen LogP contribution < -0.4 is 5.32 Å². The number of hydrogen-bond donors (Lipinski definition) is 1. The van der Waals surface area contributed by atoms with Crippen LogP contribution in [0.25, 0.3) is 0 Å². The third-order valence-corrected chi connectivity index (χ3v) is 5.30. The molecular formula is C16H15Br2NO6. The third-order valence-electron chi connectivity index (χ3n) is 4.22. The molecule has 2 atom stereocenters. The Morgan fingerprint density at radius 3 is 2.36 bits per heavy atom. The van der Waals surface area contributed by atoms with Gasteiger partial charge in [-0.05, 0) is 41.9 Å². The predicted octanol–water partition coefficient (Wildman–Crippen LogP) is 2.72. The smallest absolute Gasteiger partial charge is 0.331 e. The maximum absolute atomic E-state index is 12.8. The van der Waals surface area contributed by atoms with Crippen molar-refractivity contribution in [2.75, 3.05) is 18.5 Å². The van der Waals surface area contributed by atoms with Crippen LogP contribution in [0.4, 0.5) is 5.69 Å². The molecule has 0 spiro atoms. The highest BCUT2D eigenvalue weighted by Gasteiger charge is 2.72. The predicted molar refractivity (Wildman–Crippen MR) is 93.8 cm³/mol. The van der Waals surface area contributed by atoms with Gasteiger partial charge in [-0.3, -0.25) is 9.59 Å². The average Bonchev–Trinajstić information content (AvgIpc) is 2.75. The summed E-state index contributed by atoms with van der Waals surface area (Å²) in [6.07, 6.45) is -1.13. The standard InChI is InChI=1S/C16H15Br2NO6/c1-3-23-14(21)16(15(22)24-4-2)11-13(20)25-12(16)8-5-7(17)6-9(18)10(8)19-11/h5-6,11-12,19H,3-4H2,1-2H3/t11-,12+/m1/s1. The lowest BCUT2D eigenvalue weighted by Crippen LogP contribution is -2.57. The van der Waals surface area contributed by atoms with E-state index in [0.29, 0.717) is 20.2 Å². The van der Waals surface area contributed by atoms with E-state index in [1.54, 1.807) is 26.0 Å². The number of nitrogens with one attached hydrogen (secondary N) is 1. The van der Waals surface area contributed by atoms with Gasteiger partial charge in [0.1, 0.15) is 0 Å². The van der Waals surface area contributed by atoms with E-state index in [1.165, 1.54) is 0 Å². The molecule has 9 heteroatoms. The summed E-state index contributed by atoms with van der Waals surface area (Å²) in [5.74, 6) is -2.39. The van der Waals surface area contributed by atoms with E-state index >= 15 is 0 Å². The van der Waals surface area contributed by atoms with Gasteiger partial charge in [0, 0.05) is 14.5 Å². The monoisotopic (exact) mass is 475 g/mol. The van der Waals surface area contributed by atoms with Crippen molar-refractivity contribution in [1.82, 2.24) is 0 Å². The minimum atomic E-state index is -1.92. The minimum Gasteiger partial charge on any atom is -0.465 e. The molecule has 134 valence electrons. The second-order valence-electron chi connectivity index (χ2n) is 5.56. The van der Waals surface area contributed by atoms with Crippen LogP contribution in [0.5, 0.6) is 0 Å². The molecule has 1 fully saturated rings. The Bertz CT molecular complexity index is 747. The van der Waals surface area contributed by atoms with Crippen LogP contribution in [0.2, 0.25) is 0 Å². The van der Waals surface area contributed by atoms with Crippen molar-refractivity contribution in [3.05, 3.63) is 26.6 Å². The van der Waals surface area contributed by atoms with E-state index in [0.717, 1.165) is 0 Å². The molecule has 1 saturated heterocycles. The van der Waals surface area contributed by atoms with Crippen molar-refractivity contribution in [2.45, 2.75) is 26.0 Å². The fourth-order valence-corrected chi connectivity index (χ4v) is 4.60. The summed E-state index contributed by atoms with van der Waals surface area (Å²) in [5.41, 5.74) is -0.839. The van der Waals surface area contributed by atoms with Crippen molar-refractivity contribution >= 4 is 55.5 Å². The summed E-state index contributed by atoms with van der Waals surface area (Å²) in [4.78, 5) is 38.0. The van der Waals surface area contributed by atoms with E-state index in [-0.39, 0.29) is 13.2 Å². The van der Waals surface area contributed by atoms with Crippen LogP contribution in [0.15, 0.2) is 21.1 Å². The Balaban J connectivity index is 2.23. The zero-order chi connectivity index (χ0) is 18.4. The number of esters is 3. The first kappa shape index (κ1) is 18.2. The molecule has 2 heterocycles. The Morgan fingerprint density at radius 2 is 1.80 bits per heavy atom. The zero-order valence-corrected chi connectivity index (χ0v) is 16.6. The normalized spacial score (nSPS) is 22.5. The van der Waals surface area contributed by atoms with Gasteiger partial charge in [-0.15, -0.1) is 0 Å². The largest absolute Gasteiger partial charge is 0.465 e. The molecular weight excluding hydrogens is 462 g/mol. The van der Waals surface area contributed by atoms with Crippen molar-refractivity contribution in [2.24, 2.45) is 5.41 Å². The molecule has 3 rings (SSSR count). The highest BCUT2D eigenvalue weighted by atomic mass is 79.9. The van der Waals surface area contributed by atoms with E-state index in [2.05, 4.69) is 37.2 Å². The number of carbonyl (C=O) groups is 3. The number of hydrogen-bond acceptors (Lipinski definition) is 7. The van der Waals surface area contributed by atoms with Gasteiger partial charge >= 0.3 is 17.9 Å². The number of carbonyl (C=O) groups excluding carboxylic acids is 3. The van der Waals surface area contributed by atoms with E-state index in [4.69, 9.17) is 14.2 Å². The fraction of sp³-hybridized carbons (Fsp3) is 0.438. The van der Waals surface area contributed by atoms with Crippen LogP contribution in [-0.2, 0) is 28.6 Å². The first-order valence-electron chi connectivity index (χ1n) is 7.68. The summed E-state index contributed by atoms with van der Waals surface area (Å²) in [6, 6.07) is 2.26. The van der Waals surface area contributed by atoms with Crippen molar-refractivity contribution in [1.29, 1.82) is 0 Å². The lowest BCUT2D eigenvalue weighted by molar-refractivity contribution is -0.177. The molecule has 2 aliphatic heterocycles. The van der Waals surface area contributed by atoms with Crippen molar-refractivity contribution < 1.29 is 28.6 Å². The maximum Gasteiger partial charge on any atom is 0.331 e. The first-order valence-corrected chi connectivity index (χ1v) is 9.26. The second-order valence-corrected chi connectivity index (χ2v) is 7.33. The number of benzene rings is 1. The first-order chi connectivity index (χ1) is 11.9. The van der Waals surface area contributed by atoms with Crippen LogP contribution in [0.3, 0.4) is 0 Å². The Labute approximate surface area is 160 Å². The van der Waals surface area contributed by atoms with Gasteiger partial charge in [-0.2, -0.15) is 0 Å². The second kappa shape index (κ2) is 6.60. The molecule has 1 aromatic rings. The number of fused-ring (bicyclic) bond motifs is 4. The number of rotatable bonds is 4. The lowest BCUT2D eigenvalue weighted by Gasteiger charge is -2.37. The lowest BCUT2D eigenvalue weighted by atomic mass is 9.71. The Kier molecular flexibility index (Phi) is 4.80. The molecule has 1 aromatic carbocycles.